The highest BCUT2D eigenvalue weighted by atomic mass is 16.5. The Balaban J connectivity index is 2.24. The van der Waals surface area contributed by atoms with Crippen molar-refractivity contribution in [3.8, 4) is 5.75 Å². The van der Waals surface area contributed by atoms with Crippen molar-refractivity contribution in [3.05, 3.63) is 29.8 Å². The number of morpholine rings is 1. The highest BCUT2D eigenvalue weighted by Crippen LogP contribution is 2.25. The van der Waals surface area contributed by atoms with Gasteiger partial charge in [-0.25, -0.2) is 0 Å². The van der Waals surface area contributed by atoms with Crippen LogP contribution in [0.4, 0.5) is 0 Å². The van der Waals surface area contributed by atoms with Crippen molar-refractivity contribution in [3.63, 3.8) is 0 Å². The molecule has 1 unspecified atom stereocenters. The molecule has 0 saturated carbocycles. The minimum atomic E-state index is -0.468. The zero-order valence-electron chi connectivity index (χ0n) is 9.40. The van der Waals surface area contributed by atoms with Crippen LogP contribution in [0, 0.1) is 0 Å². The van der Waals surface area contributed by atoms with Gasteiger partial charge >= 0.3 is 0 Å². The minimum Gasteiger partial charge on any atom is -0.497 e. The first-order valence-corrected chi connectivity index (χ1v) is 5.39. The van der Waals surface area contributed by atoms with E-state index < -0.39 is 5.54 Å². The quantitative estimate of drug-likeness (QED) is 0.783. The Bertz CT molecular complexity index is 331. The van der Waals surface area contributed by atoms with Gasteiger partial charge in [0.1, 0.15) is 5.75 Å². The Labute approximate surface area is 95.2 Å². The van der Waals surface area contributed by atoms with Crippen molar-refractivity contribution in [2.45, 2.75) is 5.54 Å². The predicted octanol–water partition coefficient (Wildman–Crippen LogP) is 0.503. The summed E-state index contributed by atoms with van der Waals surface area (Å²) in [6.07, 6.45) is 0. The fourth-order valence-corrected chi connectivity index (χ4v) is 1.95. The van der Waals surface area contributed by atoms with Gasteiger partial charge in [-0.1, -0.05) is 12.1 Å². The maximum Gasteiger partial charge on any atom is 0.118 e. The standard InChI is InChI=1S/C12H17NO3/c1-15-11-4-2-10(3-5-11)12(8-14)9-16-7-6-13-12/h2-5,13-14H,6-9H2,1H3. The third kappa shape index (κ3) is 2.04. The lowest BCUT2D eigenvalue weighted by Crippen LogP contribution is -2.54. The monoisotopic (exact) mass is 223 g/mol. The summed E-state index contributed by atoms with van der Waals surface area (Å²) in [5.41, 5.74) is 0.556. The number of nitrogens with one attached hydrogen (secondary N) is 1. The van der Waals surface area contributed by atoms with Crippen LogP contribution in [0.1, 0.15) is 5.56 Å². The maximum absolute atomic E-state index is 9.55. The van der Waals surface area contributed by atoms with Gasteiger partial charge in [0.05, 0.1) is 32.5 Å². The van der Waals surface area contributed by atoms with Crippen LogP contribution in [-0.4, -0.2) is 38.6 Å². The van der Waals surface area contributed by atoms with E-state index in [-0.39, 0.29) is 6.61 Å². The molecule has 0 amide bonds. The molecule has 88 valence electrons. The van der Waals surface area contributed by atoms with Gasteiger partial charge in [0.2, 0.25) is 0 Å². The van der Waals surface area contributed by atoms with Crippen molar-refractivity contribution < 1.29 is 14.6 Å². The van der Waals surface area contributed by atoms with E-state index in [1.807, 2.05) is 24.3 Å². The molecule has 4 heteroatoms. The Morgan fingerprint density at radius 3 is 2.69 bits per heavy atom. The van der Waals surface area contributed by atoms with E-state index >= 15 is 0 Å². The normalized spacial score (nSPS) is 25.4. The molecule has 0 aliphatic carbocycles. The van der Waals surface area contributed by atoms with Crippen molar-refractivity contribution in [2.75, 3.05) is 33.5 Å². The Kier molecular flexibility index (Phi) is 3.43. The zero-order valence-corrected chi connectivity index (χ0v) is 9.40. The first-order valence-electron chi connectivity index (χ1n) is 5.39. The van der Waals surface area contributed by atoms with Crippen LogP contribution < -0.4 is 10.1 Å². The fourth-order valence-electron chi connectivity index (χ4n) is 1.95. The van der Waals surface area contributed by atoms with Crippen molar-refractivity contribution in [1.29, 1.82) is 0 Å². The molecule has 0 bridgehead atoms. The summed E-state index contributed by atoms with van der Waals surface area (Å²) in [6, 6.07) is 7.69. The molecule has 16 heavy (non-hydrogen) atoms. The van der Waals surface area contributed by atoms with E-state index in [2.05, 4.69) is 5.32 Å². The molecule has 0 spiro atoms. The molecule has 1 aromatic rings. The van der Waals surface area contributed by atoms with Crippen molar-refractivity contribution >= 4 is 0 Å². The SMILES string of the molecule is COc1ccc(C2(CO)COCCN2)cc1. The molecule has 1 aromatic carbocycles. The molecule has 1 saturated heterocycles. The molecule has 2 rings (SSSR count). The molecule has 1 fully saturated rings. The lowest BCUT2D eigenvalue weighted by Gasteiger charge is -2.37. The Morgan fingerprint density at radius 2 is 2.19 bits per heavy atom. The number of benzene rings is 1. The minimum absolute atomic E-state index is 0.0271. The smallest absolute Gasteiger partial charge is 0.118 e. The van der Waals surface area contributed by atoms with E-state index in [1.165, 1.54) is 0 Å². The number of hydrogen-bond donors (Lipinski definition) is 2. The summed E-state index contributed by atoms with van der Waals surface area (Å²) < 4.78 is 10.5. The molecular formula is C12H17NO3. The van der Waals surface area contributed by atoms with Crippen LogP contribution >= 0.6 is 0 Å². The van der Waals surface area contributed by atoms with Crippen LogP contribution in [0.25, 0.3) is 0 Å². The topological polar surface area (TPSA) is 50.7 Å². The summed E-state index contributed by atoms with van der Waals surface area (Å²) in [6.45, 7) is 1.97. The van der Waals surface area contributed by atoms with Crippen LogP contribution in [0.5, 0.6) is 5.75 Å². The number of aliphatic hydroxyl groups excluding tert-OH is 1. The zero-order chi connectivity index (χ0) is 11.4. The summed E-state index contributed by atoms with van der Waals surface area (Å²) in [4.78, 5) is 0. The van der Waals surface area contributed by atoms with E-state index in [4.69, 9.17) is 9.47 Å². The molecule has 0 radical (unpaired) electrons. The van der Waals surface area contributed by atoms with Gasteiger partial charge in [0.25, 0.3) is 0 Å². The number of aliphatic hydroxyl groups is 1. The van der Waals surface area contributed by atoms with Crippen LogP contribution in [0.2, 0.25) is 0 Å². The lowest BCUT2D eigenvalue weighted by molar-refractivity contribution is -0.00334. The van der Waals surface area contributed by atoms with Gasteiger partial charge in [0, 0.05) is 6.54 Å². The highest BCUT2D eigenvalue weighted by molar-refractivity contribution is 5.32. The summed E-state index contributed by atoms with van der Waals surface area (Å²) in [5.74, 6) is 0.813. The molecule has 1 aliphatic heterocycles. The second-order valence-electron chi connectivity index (χ2n) is 3.95. The van der Waals surface area contributed by atoms with Gasteiger partial charge in [-0.05, 0) is 17.7 Å². The van der Waals surface area contributed by atoms with E-state index in [0.717, 1.165) is 17.9 Å². The largest absolute Gasteiger partial charge is 0.497 e. The Hall–Kier alpha value is -1.10. The van der Waals surface area contributed by atoms with Gasteiger partial charge in [-0.3, -0.25) is 0 Å². The summed E-state index contributed by atoms with van der Waals surface area (Å²) >= 11 is 0. The average molecular weight is 223 g/mol. The molecular weight excluding hydrogens is 206 g/mol. The molecule has 1 atom stereocenters. The first kappa shape index (κ1) is 11.4. The fraction of sp³-hybridized carbons (Fsp3) is 0.500. The number of ether oxygens (including phenoxy) is 2. The van der Waals surface area contributed by atoms with Crippen molar-refractivity contribution in [1.82, 2.24) is 5.32 Å². The van der Waals surface area contributed by atoms with Crippen molar-refractivity contribution in [2.24, 2.45) is 0 Å². The molecule has 0 aromatic heterocycles. The summed E-state index contributed by atoms with van der Waals surface area (Å²) in [5, 5.41) is 12.9. The number of rotatable bonds is 3. The number of methoxy groups -OCH3 is 1. The van der Waals surface area contributed by atoms with Gasteiger partial charge in [-0.2, -0.15) is 0 Å². The van der Waals surface area contributed by atoms with Gasteiger partial charge in [-0.15, -0.1) is 0 Å². The molecule has 4 nitrogen and oxygen atoms in total. The second kappa shape index (κ2) is 4.82. The molecule has 2 N–H and O–H groups in total. The van der Waals surface area contributed by atoms with E-state index in [1.54, 1.807) is 7.11 Å². The average Bonchev–Trinajstić information content (AvgIpc) is 2.39. The third-order valence-corrected chi connectivity index (χ3v) is 2.97. The third-order valence-electron chi connectivity index (χ3n) is 2.97. The van der Waals surface area contributed by atoms with Gasteiger partial charge < -0.3 is 19.9 Å². The Morgan fingerprint density at radius 1 is 1.44 bits per heavy atom. The van der Waals surface area contributed by atoms with Crippen LogP contribution in [0.3, 0.4) is 0 Å². The lowest BCUT2D eigenvalue weighted by atomic mass is 9.90. The van der Waals surface area contributed by atoms with Crippen LogP contribution in [0.15, 0.2) is 24.3 Å². The maximum atomic E-state index is 9.55. The molecule has 1 heterocycles. The summed E-state index contributed by atoms with van der Waals surface area (Å²) in [7, 11) is 1.64. The molecule has 1 aliphatic rings. The predicted molar refractivity (Wildman–Crippen MR) is 60.6 cm³/mol. The van der Waals surface area contributed by atoms with E-state index in [0.29, 0.717) is 13.2 Å². The second-order valence-corrected chi connectivity index (χ2v) is 3.95. The van der Waals surface area contributed by atoms with Gasteiger partial charge in [0.15, 0.2) is 0 Å². The van der Waals surface area contributed by atoms with Crippen LogP contribution in [-0.2, 0) is 10.3 Å². The number of hydrogen-bond acceptors (Lipinski definition) is 4. The van der Waals surface area contributed by atoms with E-state index in [9.17, 15) is 5.11 Å². The first-order chi connectivity index (χ1) is 7.80. The highest BCUT2D eigenvalue weighted by Gasteiger charge is 2.33.